The molecule has 0 spiro atoms. The van der Waals surface area contributed by atoms with Crippen LogP contribution >= 0.6 is 27.7 Å². The van der Waals surface area contributed by atoms with Gasteiger partial charge in [0.15, 0.2) is 0 Å². The minimum absolute atomic E-state index is 0.0399. The zero-order chi connectivity index (χ0) is 23.4. The molecule has 4 rings (SSSR count). The maximum atomic E-state index is 13.8. The Hall–Kier alpha value is -3.41. The molecule has 0 N–H and O–H groups in total. The smallest absolute Gasteiger partial charge is 0.293 e. The summed E-state index contributed by atoms with van der Waals surface area (Å²) in [5, 5.41) is 8.86. The Balaban J connectivity index is 1.48. The van der Waals surface area contributed by atoms with E-state index in [1.165, 1.54) is 6.07 Å². The van der Waals surface area contributed by atoms with Crippen LogP contribution < -0.4 is 4.74 Å². The van der Waals surface area contributed by atoms with Crippen LogP contribution in [0.2, 0.25) is 0 Å². The number of nitriles is 1. The number of carbonyl (C=O) groups excluding carboxylic acids is 2. The summed E-state index contributed by atoms with van der Waals surface area (Å²) in [6, 6.07) is 20.6. The third kappa shape index (κ3) is 5.16. The maximum Gasteiger partial charge on any atom is 0.293 e. The highest BCUT2D eigenvalue weighted by molar-refractivity contribution is 9.10. The van der Waals surface area contributed by atoms with Crippen LogP contribution in [-0.4, -0.2) is 16.0 Å². The molecule has 0 saturated carbocycles. The van der Waals surface area contributed by atoms with E-state index in [1.807, 2.05) is 0 Å². The molecule has 3 aromatic carbocycles. The Morgan fingerprint density at radius 3 is 2.52 bits per heavy atom. The van der Waals surface area contributed by atoms with E-state index in [2.05, 4.69) is 22.0 Å². The molecule has 1 aliphatic heterocycles. The molecule has 0 aromatic heterocycles. The molecule has 0 unspecified atom stereocenters. The lowest BCUT2D eigenvalue weighted by atomic mass is 10.1. The first-order chi connectivity index (χ1) is 16.0. The zero-order valence-electron chi connectivity index (χ0n) is 17.1. The fourth-order valence-electron chi connectivity index (χ4n) is 3.22. The van der Waals surface area contributed by atoms with Crippen molar-refractivity contribution in [3.8, 4) is 11.8 Å². The molecular weight excluding hydrogens is 507 g/mol. The number of nitrogens with zero attached hydrogens (tertiary/aromatic N) is 2. The van der Waals surface area contributed by atoms with Crippen molar-refractivity contribution in [1.82, 2.24) is 4.90 Å². The van der Waals surface area contributed by atoms with Crippen LogP contribution in [0.1, 0.15) is 22.3 Å². The summed E-state index contributed by atoms with van der Waals surface area (Å²) in [6.45, 7) is 0.117. The van der Waals surface area contributed by atoms with Gasteiger partial charge in [0, 0.05) is 5.56 Å². The lowest BCUT2D eigenvalue weighted by molar-refractivity contribution is -0.123. The predicted molar refractivity (Wildman–Crippen MR) is 128 cm³/mol. The van der Waals surface area contributed by atoms with Crippen molar-refractivity contribution in [3.05, 3.63) is 104 Å². The van der Waals surface area contributed by atoms with Crippen LogP contribution in [-0.2, 0) is 17.9 Å². The summed E-state index contributed by atoms with van der Waals surface area (Å²) in [7, 11) is 0. The lowest BCUT2D eigenvalue weighted by Gasteiger charge is -2.13. The molecule has 164 valence electrons. The summed E-state index contributed by atoms with van der Waals surface area (Å²) < 4.78 is 20.1. The van der Waals surface area contributed by atoms with Gasteiger partial charge in [-0.1, -0.05) is 42.5 Å². The number of hydrogen-bond donors (Lipinski definition) is 0. The molecule has 33 heavy (non-hydrogen) atoms. The fraction of sp³-hybridized carbons (Fsp3) is 0.0800. The molecule has 0 atom stereocenters. The molecule has 1 aliphatic rings. The van der Waals surface area contributed by atoms with Crippen molar-refractivity contribution in [2.75, 3.05) is 0 Å². The molecule has 0 radical (unpaired) electrons. The molecule has 5 nitrogen and oxygen atoms in total. The van der Waals surface area contributed by atoms with Gasteiger partial charge in [-0.05, 0) is 69.2 Å². The number of imide groups is 1. The van der Waals surface area contributed by atoms with E-state index in [4.69, 9.17) is 4.74 Å². The van der Waals surface area contributed by atoms with Crippen LogP contribution in [0.15, 0.2) is 76.1 Å². The number of thioether (sulfide) groups is 1. The van der Waals surface area contributed by atoms with Crippen molar-refractivity contribution in [2.45, 2.75) is 13.2 Å². The van der Waals surface area contributed by atoms with E-state index >= 15 is 0 Å². The van der Waals surface area contributed by atoms with Gasteiger partial charge in [-0.3, -0.25) is 14.5 Å². The molecule has 8 heteroatoms. The van der Waals surface area contributed by atoms with Crippen LogP contribution in [0.4, 0.5) is 9.18 Å². The largest absolute Gasteiger partial charge is 0.488 e. The van der Waals surface area contributed by atoms with Crippen LogP contribution in [0, 0.1) is 17.1 Å². The molecule has 3 aromatic rings. The van der Waals surface area contributed by atoms with Crippen LogP contribution in [0.5, 0.6) is 5.75 Å². The molecule has 0 aliphatic carbocycles. The summed E-state index contributed by atoms with van der Waals surface area (Å²) in [4.78, 5) is 26.7. The summed E-state index contributed by atoms with van der Waals surface area (Å²) in [5.74, 6) is -0.219. The highest BCUT2D eigenvalue weighted by Crippen LogP contribution is 2.35. The fourth-order valence-corrected chi connectivity index (χ4v) is 4.57. The van der Waals surface area contributed by atoms with Crippen molar-refractivity contribution in [3.63, 3.8) is 0 Å². The normalized spacial score (nSPS) is 14.6. The number of hydrogen-bond acceptors (Lipinski definition) is 5. The minimum atomic E-state index is -0.409. The summed E-state index contributed by atoms with van der Waals surface area (Å²) in [6.07, 6.45) is 1.63. The monoisotopic (exact) mass is 522 g/mol. The molecular formula is C25H16BrFN2O3S. The Kier molecular flexibility index (Phi) is 6.92. The van der Waals surface area contributed by atoms with Gasteiger partial charge in [0.1, 0.15) is 18.2 Å². The maximum absolute atomic E-state index is 13.8. The Morgan fingerprint density at radius 1 is 1.06 bits per heavy atom. The first-order valence-electron chi connectivity index (χ1n) is 9.85. The molecule has 1 heterocycles. The Morgan fingerprint density at radius 2 is 1.79 bits per heavy atom. The van der Waals surface area contributed by atoms with E-state index in [0.717, 1.165) is 16.7 Å². The first kappa shape index (κ1) is 22.8. The zero-order valence-corrected chi connectivity index (χ0v) is 19.5. The van der Waals surface area contributed by atoms with Gasteiger partial charge < -0.3 is 4.74 Å². The second kappa shape index (κ2) is 10.0. The predicted octanol–water partition coefficient (Wildman–Crippen LogP) is 6.28. The highest BCUT2D eigenvalue weighted by Gasteiger charge is 2.35. The number of benzene rings is 3. The number of ether oxygens (including phenoxy) is 1. The summed E-state index contributed by atoms with van der Waals surface area (Å²) >= 11 is 4.30. The van der Waals surface area contributed by atoms with Gasteiger partial charge in [-0.25, -0.2) is 4.39 Å². The van der Waals surface area contributed by atoms with Gasteiger partial charge in [0.25, 0.3) is 11.1 Å². The average molecular weight is 523 g/mol. The van der Waals surface area contributed by atoms with E-state index in [1.54, 1.807) is 66.7 Å². The van der Waals surface area contributed by atoms with Crippen molar-refractivity contribution in [2.24, 2.45) is 0 Å². The molecule has 1 fully saturated rings. The SMILES string of the molecule is N#Cc1ccccc1CN1C(=O)S/C(=C/c2ccc(OCc3ccccc3F)c(Br)c2)C1=O. The topological polar surface area (TPSA) is 70.4 Å². The van der Waals surface area contributed by atoms with E-state index in [0.29, 0.717) is 37.4 Å². The van der Waals surface area contributed by atoms with Gasteiger partial charge in [0.2, 0.25) is 0 Å². The minimum Gasteiger partial charge on any atom is -0.488 e. The van der Waals surface area contributed by atoms with Gasteiger partial charge >= 0.3 is 0 Å². The van der Waals surface area contributed by atoms with E-state index in [9.17, 15) is 19.2 Å². The Bertz CT molecular complexity index is 1320. The number of amides is 2. The van der Waals surface area contributed by atoms with Crippen molar-refractivity contribution >= 4 is 44.9 Å². The highest BCUT2D eigenvalue weighted by atomic mass is 79.9. The van der Waals surface area contributed by atoms with Crippen molar-refractivity contribution < 1.29 is 18.7 Å². The van der Waals surface area contributed by atoms with Gasteiger partial charge in [-0.15, -0.1) is 0 Å². The summed E-state index contributed by atoms with van der Waals surface area (Å²) in [5.41, 5.74) is 2.18. The lowest BCUT2D eigenvalue weighted by Crippen LogP contribution is -2.27. The number of rotatable bonds is 6. The average Bonchev–Trinajstić information content (AvgIpc) is 3.07. The van der Waals surface area contributed by atoms with E-state index in [-0.39, 0.29) is 24.2 Å². The standard InChI is InChI=1S/C25H16BrFN2O3S/c26-20-11-16(9-10-22(20)32-15-19-7-3-4-8-21(19)27)12-23-24(30)29(25(31)33-23)14-18-6-2-1-5-17(18)13-28/h1-12H,14-15H2/b23-12+. The Labute approximate surface area is 202 Å². The number of carbonyl (C=O) groups is 2. The van der Waals surface area contributed by atoms with Gasteiger partial charge in [0.05, 0.1) is 27.6 Å². The third-order valence-electron chi connectivity index (χ3n) is 4.93. The second-order valence-electron chi connectivity index (χ2n) is 7.11. The van der Waals surface area contributed by atoms with Crippen LogP contribution in [0.25, 0.3) is 6.08 Å². The van der Waals surface area contributed by atoms with E-state index < -0.39 is 5.91 Å². The van der Waals surface area contributed by atoms with Gasteiger partial charge in [-0.2, -0.15) is 5.26 Å². The molecule has 2 amide bonds. The molecule has 1 saturated heterocycles. The quantitative estimate of drug-likeness (QED) is 0.356. The number of halogens is 2. The van der Waals surface area contributed by atoms with Crippen molar-refractivity contribution in [1.29, 1.82) is 5.26 Å². The first-order valence-corrected chi connectivity index (χ1v) is 11.5. The molecule has 0 bridgehead atoms. The van der Waals surface area contributed by atoms with Crippen LogP contribution in [0.3, 0.4) is 0 Å². The third-order valence-corrected chi connectivity index (χ3v) is 6.46. The second-order valence-corrected chi connectivity index (χ2v) is 8.95.